The van der Waals surface area contributed by atoms with Crippen LogP contribution in [-0.2, 0) is 4.74 Å². The zero-order chi connectivity index (χ0) is 11.6. The normalized spacial score (nSPS) is 11.3. The van der Waals surface area contributed by atoms with Crippen molar-refractivity contribution in [3.05, 3.63) is 29.6 Å². The molecular weight excluding hydrogens is 215 g/mol. The third-order valence-electron chi connectivity index (χ3n) is 1.78. The Bertz CT molecular complexity index is 389. The summed E-state index contributed by atoms with van der Waals surface area (Å²) in [5.41, 5.74) is -1.60. The molecule has 0 aliphatic rings. The van der Waals surface area contributed by atoms with Crippen LogP contribution < -0.4 is 5.46 Å². The molecule has 0 fully saturated rings. The zero-order valence-electron chi connectivity index (χ0n) is 7.64. The minimum Gasteiger partial charge on any atom is -0.465 e. The van der Waals surface area contributed by atoms with Gasteiger partial charge in [-0.05, 0) is 6.07 Å². The van der Waals surface area contributed by atoms with Crippen LogP contribution in [0.4, 0.5) is 17.3 Å². The first-order chi connectivity index (χ1) is 6.86. The molecule has 1 aromatic carbocycles. The number of ether oxygens (including phenoxy) is 1. The van der Waals surface area contributed by atoms with Gasteiger partial charge in [-0.3, -0.25) is 0 Å². The lowest BCUT2D eigenvalue weighted by Crippen LogP contribution is -2.34. The van der Waals surface area contributed by atoms with Gasteiger partial charge in [-0.25, -0.2) is 9.18 Å². The van der Waals surface area contributed by atoms with E-state index in [1.165, 1.54) is 0 Å². The summed E-state index contributed by atoms with van der Waals surface area (Å²) in [4.78, 5) is 10.9. The largest absolute Gasteiger partial charge is 0.509 e. The summed E-state index contributed by atoms with van der Waals surface area (Å²) in [6.45, 7) is -5.26. The van der Waals surface area contributed by atoms with Crippen molar-refractivity contribution in [3.63, 3.8) is 0 Å². The van der Waals surface area contributed by atoms with Gasteiger partial charge in [-0.2, -0.15) is 0 Å². The fourth-order valence-electron chi connectivity index (χ4n) is 1.01. The zero-order valence-corrected chi connectivity index (χ0v) is 7.64. The average molecular weight is 221 g/mol. The van der Waals surface area contributed by atoms with Crippen LogP contribution in [0.15, 0.2) is 18.2 Å². The molecule has 0 unspecified atom stereocenters. The molecule has 0 N–H and O–H groups in total. The first-order valence-corrected chi connectivity index (χ1v) is 3.94. The third-order valence-corrected chi connectivity index (χ3v) is 1.78. The second-order valence-electron chi connectivity index (χ2n) is 2.81. The second kappa shape index (κ2) is 3.92. The quantitative estimate of drug-likeness (QED) is 0.431. The molecule has 0 bridgehead atoms. The maximum atomic E-state index is 13.0. The predicted molar refractivity (Wildman–Crippen MR) is 46.5 cm³/mol. The first kappa shape index (κ1) is 11.5. The summed E-state index contributed by atoms with van der Waals surface area (Å²) in [6.07, 6.45) is 0. The van der Waals surface area contributed by atoms with Crippen molar-refractivity contribution in [2.75, 3.05) is 7.11 Å². The van der Waals surface area contributed by atoms with Crippen molar-refractivity contribution in [1.29, 1.82) is 0 Å². The second-order valence-corrected chi connectivity index (χ2v) is 2.81. The molecule has 2 nitrogen and oxygen atoms in total. The molecule has 0 atom stereocenters. The molecular formula is C8H6BF4O2-. The van der Waals surface area contributed by atoms with Crippen LogP contribution >= 0.6 is 0 Å². The highest BCUT2D eigenvalue weighted by molar-refractivity contribution is 6.73. The lowest BCUT2D eigenvalue weighted by atomic mass is 9.80. The fraction of sp³-hybridized carbons (Fsp3) is 0.125. The van der Waals surface area contributed by atoms with Crippen LogP contribution in [0.25, 0.3) is 0 Å². The van der Waals surface area contributed by atoms with Crippen LogP contribution in [0.5, 0.6) is 0 Å². The van der Waals surface area contributed by atoms with E-state index < -0.39 is 29.8 Å². The molecule has 1 aromatic rings. The topological polar surface area (TPSA) is 26.3 Å². The number of hydrogen-bond donors (Lipinski definition) is 0. The Morgan fingerprint density at radius 2 is 1.93 bits per heavy atom. The molecule has 0 aromatic heterocycles. The Morgan fingerprint density at radius 1 is 1.33 bits per heavy atom. The van der Waals surface area contributed by atoms with E-state index in [0.29, 0.717) is 6.07 Å². The molecule has 0 radical (unpaired) electrons. The summed E-state index contributed by atoms with van der Waals surface area (Å²) < 4.78 is 53.7. The average Bonchev–Trinajstić information content (AvgIpc) is 2.15. The number of esters is 1. The van der Waals surface area contributed by atoms with Gasteiger partial charge in [0.1, 0.15) is 5.82 Å². The first-order valence-electron chi connectivity index (χ1n) is 3.94. The maximum Gasteiger partial charge on any atom is 0.509 e. The van der Waals surface area contributed by atoms with Gasteiger partial charge in [0.15, 0.2) is 0 Å². The van der Waals surface area contributed by atoms with Gasteiger partial charge in [0.25, 0.3) is 0 Å². The van der Waals surface area contributed by atoms with E-state index in [1.54, 1.807) is 0 Å². The molecule has 0 spiro atoms. The molecule has 0 amide bonds. The van der Waals surface area contributed by atoms with Crippen LogP contribution in [0.2, 0.25) is 0 Å². The van der Waals surface area contributed by atoms with Gasteiger partial charge in [-0.15, -0.1) is 5.46 Å². The Kier molecular flexibility index (Phi) is 3.02. The SMILES string of the molecule is COC(=O)c1ccc([B-](F)(F)F)cc1F. The number of benzene rings is 1. The highest BCUT2D eigenvalue weighted by Gasteiger charge is 2.27. The van der Waals surface area contributed by atoms with E-state index in [4.69, 9.17) is 0 Å². The fourth-order valence-corrected chi connectivity index (χ4v) is 1.01. The van der Waals surface area contributed by atoms with Crippen LogP contribution in [-0.4, -0.2) is 20.1 Å². The van der Waals surface area contributed by atoms with Crippen molar-refractivity contribution < 1.29 is 26.9 Å². The molecule has 1 rings (SSSR count). The summed E-state index contributed by atoms with van der Waals surface area (Å²) in [5, 5.41) is 0. The maximum absolute atomic E-state index is 13.0. The smallest absolute Gasteiger partial charge is 0.465 e. The number of methoxy groups -OCH3 is 1. The van der Waals surface area contributed by atoms with Gasteiger partial charge >= 0.3 is 12.9 Å². The molecule has 15 heavy (non-hydrogen) atoms. The molecule has 0 aliphatic carbocycles. The molecule has 0 aliphatic heterocycles. The standard InChI is InChI=1S/C8H6BF4O2/c1-15-8(14)6-3-2-5(4-7(6)10)9(11,12)13/h2-4H,1H3/q-1. The number of rotatable bonds is 2. The number of halogens is 4. The number of hydrogen-bond acceptors (Lipinski definition) is 2. The molecule has 0 heterocycles. The van der Waals surface area contributed by atoms with E-state index in [1.807, 2.05) is 0 Å². The molecule has 7 heteroatoms. The van der Waals surface area contributed by atoms with Crippen molar-refractivity contribution in [1.82, 2.24) is 0 Å². The lowest BCUT2D eigenvalue weighted by molar-refractivity contribution is 0.0595. The van der Waals surface area contributed by atoms with E-state index in [0.717, 1.165) is 13.2 Å². The summed E-state index contributed by atoms with van der Waals surface area (Å²) in [6, 6.07) is 1.69. The van der Waals surface area contributed by atoms with Crippen LogP contribution in [0.3, 0.4) is 0 Å². The predicted octanol–water partition coefficient (Wildman–Crippen LogP) is 1.67. The van der Waals surface area contributed by atoms with Gasteiger partial charge in [0, 0.05) is 0 Å². The highest BCUT2D eigenvalue weighted by atomic mass is 19.4. The lowest BCUT2D eigenvalue weighted by Gasteiger charge is -2.15. The van der Waals surface area contributed by atoms with Crippen LogP contribution in [0.1, 0.15) is 10.4 Å². The van der Waals surface area contributed by atoms with E-state index in [-0.39, 0.29) is 6.07 Å². The highest BCUT2D eigenvalue weighted by Crippen LogP contribution is 2.13. The monoisotopic (exact) mass is 221 g/mol. The number of carbonyl (C=O) groups excluding carboxylic acids is 1. The Morgan fingerprint density at radius 3 is 2.33 bits per heavy atom. The minimum absolute atomic E-state index is 0.284. The van der Waals surface area contributed by atoms with Gasteiger partial charge < -0.3 is 17.7 Å². The minimum atomic E-state index is -5.26. The van der Waals surface area contributed by atoms with E-state index >= 15 is 0 Å². The third kappa shape index (κ3) is 2.48. The van der Waals surface area contributed by atoms with E-state index in [9.17, 15) is 22.1 Å². The van der Waals surface area contributed by atoms with Crippen LogP contribution in [0, 0.1) is 5.82 Å². The van der Waals surface area contributed by atoms with Crippen molar-refractivity contribution in [2.24, 2.45) is 0 Å². The summed E-state index contributed by atoms with van der Waals surface area (Å²) in [7, 11) is 1.02. The Balaban J connectivity index is 3.15. The van der Waals surface area contributed by atoms with Crippen molar-refractivity contribution >= 4 is 18.4 Å². The Labute approximate surface area is 82.9 Å². The van der Waals surface area contributed by atoms with E-state index in [2.05, 4.69) is 4.74 Å². The van der Waals surface area contributed by atoms with Gasteiger partial charge in [0.2, 0.25) is 0 Å². The van der Waals surface area contributed by atoms with Crippen molar-refractivity contribution in [2.45, 2.75) is 0 Å². The molecule has 0 saturated heterocycles. The van der Waals surface area contributed by atoms with Gasteiger partial charge in [-0.1, -0.05) is 12.1 Å². The molecule has 0 saturated carbocycles. The Hall–Kier alpha value is -1.53. The molecule has 82 valence electrons. The number of carbonyl (C=O) groups is 1. The van der Waals surface area contributed by atoms with Gasteiger partial charge in [0.05, 0.1) is 12.7 Å². The summed E-state index contributed by atoms with van der Waals surface area (Å²) >= 11 is 0. The van der Waals surface area contributed by atoms with Crippen molar-refractivity contribution in [3.8, 4) is 0 Å². The summed E-state index contributed by atoms with van der Waals surface area (Å²) in [5.74, 6) is -2.24.